The molecule has 0 radical (unpaired) electrons. The minimum Gasteiger partial charge on any atom is -0.444 e. The third-order valence-electron chi connectivity index (χ3n) is 9.13. The van der Waals surface area contributed by atoms with Crippen molar-refractivity contribution in [3.63, 3.8) is 0 Å². The van der Waals surface area contributed by atoms with Crippen LogP contribution in [-0.2, 0) is 10.3 Å². The van der Waals surface area contributed by atoms with Gasteiger partial charge in [0, 0.05) is 48.8 Å². The molecule has 4 aliphatic carbocycles. The fraction of sp³-hybridized carbons (Fsp3) is 0.552. The number of halogens is 5. The molecule has 7 rings (SSSR count). The molecular weight excluding hydrogens is 595 g/mol. The number of pyridine rings is 1. The van der Waals surface area contributed by atoms with Crippen LogP contribution in [0.5, 0.6) is 0 Å². The highest BCUT2D eigenvalue weighted by atomic mass is 32.5. The molecule has 5 aliphatic rings. The van der Waals surface area contributed by atoms with E-state index in [1.165, 1.54) is 25.3 Å². The van der Waals surface area contributed by atoms with E-state index in [9.17, 15) is 33.8 Å². The lowest BCUT2D eigenvalue weighted by Gasteiger charge is -2.62. The van der Waals surface area contributed by atoms with Gasteiger partial charge in [-0.05, 0) is 70.6 Å². The molecule has 1 aromatic heterocycles. The summed E-state index contributed by atoms with van der Waals surface area (Å²) in [5, 5.41) is 5.93. The molecular formula is C29H35F5N4O4S. The van der Waals surface area contributed by atoms with Crippen LogP contribution in [0.25, 0.3) is 0 Å². The Bertz CT molecular complexity index is 1560. The number of hydrogen-bond donors (Lipinski definition) is 2. The van der Waals surface area contributed by atoms with Gasteiger partial charge in [-0.15, -0.1) is 0 Å². The minimum absolute atomic E-state index is 0.0945. The third-order valence-corrected chi connectivity index (χ3v) is 10.3. The number of anilines is 1. The topological polar surface area (TPSA) is 92.7 Å². The number of nitrogens with zero attached hydrogens (tertiary/aromatic N) is 2. The number of piperidine rings is 1. The third kappa shape index (κ3) is 5.58. The molecule has 1 saturated heterocycles. The van der Waals surface area contributed by atoms with Crippen LogP contribution in [-0.4, -0.2) is 46.2 Å². The maximum Gasteiger partial charge on any atom is 0.410 e. The van der Waals surface area contributed by atoms with Gasteiger partial charge >= 0.3 is 16.3 Å². The number of rotatable bonds is 7. The van der Waals surface area contributed by atoms with Crippen LogP contribution >= 0.6 is 10.2 Å². The molecule has 1 aromatic carbocycles. The Kier molecular flexibility index (Phi) is 6.00. The number of amides is 2. The Morgan fingerprint density at radius 2 is 1.67 bits per heavy atom. The normalized spacial score (nSPS) is 29.7. The fourth-order valence-electron chi connectivity index (χ4n) is 6.71. The molecule has 2 N–H and O–H groups in total. The van der Waals surface area contributed by atoms with E-state index in [-0.39, 0.29) is 45.8 Å². The largest absolute Gasteiger partial charge is 0.444 e. The lowest BCUT2D eigenvalue weighted by Crippen LogP contribution is -2.62. The maximum absolute atomic E-state index is 13.6. The highest BCUT2D eigenvalue weighted by Crippen LogP contribution is 3.02. The predicted octanol–water partition coefficient (Wildman–Crippen LogP) is 6.78. The molecule has 1 unspecified atom stereocenters. The quantitative estimate of drug-likeness (QED) is 0.329. The van der Waals surface area contributed by atoms with Crippen LogP contribution in [0.2, 0.25) is 0 Å². The molecule has 2 heterocycles. The Labute approximate surface area is 245 Å². The van der Waals surface area contributed by atoms with Crippen molar-refractivity contribution in [2.75, 3.05) is 18.4 Å². The molecule has 0 spiro atoms. The summed E-state index contributed by atoms with van der Waals surface area (Å²) in [7, 11) is -9.91. The van der Waals surface area contributed by atoms with Crippen LogP contribution in [0.1, 0.15) is 68.9 Å². The second-order valence-corrected chi connectivity index (χ2v) is 16.0. The number of nitrogens with one attached hydrogen (secondary N) is 2. The molecule has 4 saturated carbocycles. The van der Waals surface area contributed by atoms with Crippen molar-refractivity contribution in [2.45, 2.75) is 75.1 Å². The number of hydrogen-bond acceptors (Lipinski definition) is 5. The van der Waals surface area contributed by atoms with E-state index < -0.39 is 38.8 Å². The first kappa shape index (κ1) is 29.8. The van der Waals surface area contributed by atoms with Gasteiger partial charge in [0.15, 0.2) is 0 Å². The van der Waals surface area contributed by atoms with Crippen molar-refractivity contribution in [2.24, 2.45) is 17.8 Å². The number of likely N-dealkylation sites (tertiary alicyclic amines) is 1. The summed E-state index contributed by atoms with van der Waals surface area (Å²) >= 11 is 0. The summed E-state index contributed by atoms with van der Waals surface area (Å²) < 4.78 is 74.1. The summed E-state index contributed by atoms with van der Waals surface area (Å²) in [6, 6.07) is 3.03. The van der Waals surface area contributed by atoms with Crippen LogP contribution in [0.3, 0.4) is 0 Å². The maximum atomic E-state index is 13.6. The number of fused-ring (bicyclic) bond motifs is 1. The van der Waals surface area contributed by atoms with Crippen molar-refractivity contribution in [3.8, 4) is 0 Å². The number of aromatic nitrogens is 1. The summed E-state index contributed by atoms with van der Waals surface area (Å²) in [5.74, 6) is 0.0887. The van der Waals surface area contributed by atoms with E-state index >= 15 is 0 Å². The Morgan fingerprint density at radius 1 is 1.05 bits per heavy atom. The van der Waals surface area contributed by atoms with Crippen molar-refractivity contribution in [1.29, 1.82) is 0 Å². The predicted molar refractivity (Wildman–Crippen MR) is 152 cm³/mol. The van der Waals surface area contributed by atoms with Gasteiger partial charge in [-0.1, -0.05) is 31.6 Å². The van der Waals surface area contributed by atoms with Gasteiger partial charge in [-0.2, -0.15) is 0 Å². The zero-order valence-electron chi connectivity index (χ0n) is 24.2. The zero-order chi connectivity index (χ0) is 31.4. The first-order valence-corrected chi connectivity index (χ1v) is 16.2. The smallest absolute Gasteiger partial charge is 0.410 e. The SMILES string of the molecule is C[C@@H](NC(=O)c1cn(C23CC(C2)C3)c(=O)cc1NC1[C@H]2CN(C(=O)OC(C)(C)C)C[C@@H]12)c1cccc(S(F)(F)(F)(F)F)c1. The van der Waals surface area contributed by atoms with Crippen LogP contribution in [0.15, 0.2) is 46.2 Å². The molecule has 2 amide bonds. The van der Waals surface area contributed by atoms with Crippen molar-refractivity contribution in [1.82, 2.24) is 14.8 Å². The molecule has 2 aromatic rings. The van der Waals surface area contributed by atoms with E-state index in [0.717, 1.165) is 25.3 Å². The number of ether oxygens (including phenoxy) is 1. The van der Waals surface area contributed by atoms with Gasteiger partial charge in [0.05, 0.1) is 17.3 Å². The van der Waals surface area contributed by atoms with Crippen LogP contribution < -0.4 is 16.2 Å². The van der Waals surface area contributed by atoms with E-state index in [1.54, 1.807) is 30.2 Å². The van der Waals surface area contributed by atoms with Crippen LogP contribution in [0.4, 0.5) is 29.9 Å². The van der Waals surface area contributed by atoms with Gasteiger partial charge in [0.25, 0.3) is 11.5 Å². The van der Waals surface area contributed by atoms with Crippen LogP contribution in [0, 0.1) is 17.8 Å². The second kappa shape index (κ2) is 8.66. The van der Waals surface area contributed by atoms with Gasteiger partial charge in [0.1, 0.15) is 10.5 Å². The Balaban J connectivity index is 1.22. The van der Waals surface area contributed by atoms with Gasteiger partial charge in [0.2, 0.25) is 0 Å². The molecule has 5 fully saturated rings. The standard InChI is InChI=1S/C29H35F5N4O4S/c1-16(18-6-5-7-19(8-18)43(30,31,32,33)34)35-26(40)22-15-38(29-10-17(11-29)12-29)24(39)9-23(22)36-25-20-13-37(14-21(20)25)27(41)42-28(2,3)4/h5-9,15-17,20-21,25,36H,10-14H2,1-4H3,(H,35,40)/t16-,17?,20-,21+,25?,29?/m1/s1. The number of carbonyl (C=O) groups excluding carboxylic acids is 2. The highest BCUT2D eigenvalue weighted by molar-refractivity contribution is 8.45. The van der Waals surface area contributed by atoms with Gasteiger partial charge < -0.3 is 24.8 Å². The Morgan fingerprint density at radius 3 is 2.21 bits per heavy atom. The van der Waals surface area contributed by atoms with E-state index in [4.69, 9.17) is 4.74 Å². The first-order valence-electron chi connectivity index (χ1n) is 14.3. The minimum atomic E-state index is -9.91. The molecule has 2 bridgehead atoms. The average molecular weight is 631 g/mol. The highest BCUT2D eigenvalue weighted by Gasteiger charge is 2.65. The monoisotopic (exact) mass is 630 g/mol. The first-order chi connectivity index (χ1) is 19.6. The lowest BCUT2D eigenvalue weighted by molar-refractivity contribution is -0.0914. The molecule has 236 valence electrons. The van der Waals surface area contributed by atoms with E-state index in [1.807, 2.05) is 0 Å². The molecule has 14 heteroatoms. The zero-order valence-corrected chi connectivity index (χ0v) is 25.0. The summed E-state index contributed by atoms with van der Waals surface area (Å²) in [4.78, 5) is 38.8. The fourth-order valence-corrected chi connectivity index (χ4v) is 7.40. The summed E-state index contributed by atoms with van der Waals surface area (Å²) in [5.41, 5.74) is -0.951. The molecule has 43 heavy (non-hydrogen) atoms. The van der Waals surface area contributed by atoms with Crippen molar-refractivity contribution < 1.29 is 33.8 Å². The summed E-state index contributed by atoms with van der Waals surface area (Å²) in [6.07, 6.45) is 3.61. The second-order valence-electron chi connectivity index (χ2n) is 13.6. The lowest BCUT2D eigenvalue weighted by atomic mass is 9.49. The molecule has 4 atom stereocenters. The van der Waals surface area contributed by atoms with Gasteiger partial charge in [-0.25, -0.2) is 4.79 Å². The van der Waals surface area contributed by atoms with Crippen molar-refractivity contribution >= 4 is 27.9 Å². The average Bonchev–Trinajstić information content (AvgIpc) is 3.23. The van der Waals surface area contributed by atoms with Gasteiger partial charge in [-0.3, -0.25) is 9.59 Å². The Hall–Kier alpha value is -3.29. The molecule has 8 nitrogen and oxygen atoms in total. The van der Waals surface area contributed by atoms with Crippen molar-refractivity contribution in [3.05, 3.63) is 58.0 Å². The number of carbonyl (C=O) groups is 2. The molecule has 1 aliphatic heterocycles. The number of benzene rings is 1. The van der Waals surface area contributed by atoms with E-state index in [2.05, 4.69) is 10.6 Å². The summed E-state index contributed by atoms with van der Waals surface area (Å²) in [6.45, 7) is 7.69. The van der Waals surface area contributed by atoms with E-state index in [0.29, 0.717) is 31.1 Å².